The Morgan fingerprint density at radius 1 is 1.00 bits per heavy atom. The molecule has 2 aliphatic rings. The number of pyridine rings is 1. The SMILES string of the molecule is CC1NC(=O)C(C(C)C)NC(=O)CCN(S(C)(=O)=O)CCC=Cc2ccc3ccc(nc3c2)C(C)OC(=O)C2CCCN(N2)C1=O. The number of hydrogen-bond acceptors (Lipinski definition) is 9. The first-order valence-electron chi connectivity index (χ1n) is 15.6. The zero-order valence-electron chi connectivity index (χ0n) is 27.0. The third-order valence-electron chi connectivity index (χ3n) is 8.09. The van der Waals surface area contributed by atoms with Crippen LogP contribution in [0.2, 0.25) is 0 Å². The molecule has 13 nitrogen and oxygen atoms in total. The molecule has 3 amide bonds. The highest BCUT2D eigenvalue weighted by atomic mass is 32.2. The van der Waals surface area contributed by atoms with Crippen molar-refractivity contribution >= 4 is 50.7 Å². The first kappa shape index (κ1) is 35.0. The largest absolute Gasteiger partial charge is 0.455 e. The van der Waals surface area contributed by atoms with E-state index in [-0.39, 0.29) is 25.4 Å². The highest BCUT2D eigenvalue weighted by Crippen LogP contribution is 2.22. The maximum Gasteiger partial charge on any atom is 0.325 e. The molecule has 0 spiro atoms. The molecule has 1 aromatic heterocycles. The normalized spacial score (nSPS) is 25.2. The Balaban J connectivity index is 1.61. The van der Waals surface area contributed by atoms with Gasteiger partial charge in [0, 0.05) is 31.4 Å². The van der Waals surface area contributed by atoms with E-state index in [1.165, 1.54) is 16.2 Å². The summed E-state index contributed by atoms with van der Waals surface area (Å²) in [6, 6.07) is 6.80. The van der Waals surface area contributed by atoms with E-state index in [1.54, 1.807) is 26.8 Å². The van der Waals surface area contributed by atoms with Crippen molar-refractivity contribution in [2.75, 3.05) is 25.9 Å². The average molecular weight is 657 g/mol. The number of ether oxygens (including phenoxy) is 1. The second kappa shape index (κ2) is 15.1. The molecular weight excluding hydrogens is 612 g/mol. The van der Waals surface area contributed by atoms with Crippen LogP contribution in [-0.2, 0) is 33.9 Å². The summed E-state index contributed by atoms with van der Waals surface area (Å²) in [5.74, 6) is -2.30. The third kappa shape index (κ3) is 9.10. The van der Waals surface area contributed by atoms with Crippen LogP contribution in [0.1, 0.15) is 70.7 Å². The van der Waals surface area contributed by atoms with Crippen molar-refractivity contribution < 1.29 is 32.3 Å². The molecule has 0 saturated carbocycles. The number of carbonyl (C=O) groups excluding carboxylic acids is 4. The molecule has 1 saturated heterocycles. The summed E-state index contributed by atoms with van der Waals surface area (Å²) in [4.78, 5) is 57.2. The molecule has 2 aromatic rings. The number of carbonyl (C=O) groups is 4. The number of hydrazine groups is 1. The predicted molar refractivity (Wildman–Crippen MR) is 173 cm³/mol. The smallest absolute Gasteiger partial charge is 0.325 e. The summed E-state index contributed by atoms with van der Waals surface area (Å²) in [7, 11) is -3.60. The molecule has 1 fully saturated rings. The molecule has 1 aromatic carbocycles. The summed E-state index contributed by atoms with van der Waals surface area (Å²) in [5, 5.41) is 7.60. The molecule has 14 heteroatoms. The Labute approximate surface area is 270 Å². The predicted octanol–water partition coefficient (Wildman–Crippen LogP) is 2.05. The van der Waals surface area contributed by atoms with Gasteiger partial charge in [0.15, 0.2) is 0 Å². The fraction of sp³-hybridized carbons (Fsp3) is 0.531. The highest BCUT2D eigenvalue weighted by molar-refractivity contribution is 7.88. The number of benzene rings is 1. The van der Waals surface area contributed by atoms with E-state index in [0.717, 1.165) is 17.2 Å². The number of cyclic esters (lactones) is 1. The van der Waals surface area contributed by atoms with Crippen LogP contribution in [-0.4, -0.2) is 90.4 Å². The van der Waals surface area contributed by atoms with Gasteiger partial charge in [0.25, 0.3) is 5.91 Å². The quantitative estimate of drug-likeness (QED) is 0.410. The van der Waals surface area contributed by atoms with Crippen molar-refractivity contribution in [3.8, 4) is 0 Å². The van der Waals surface area contributed by atoms with Crippen molar-refractivity contribution in [3.05, 3.63) is 47.7 Å². The zero-order valence-corrected chi connectivity index (χ0v) is 27.8. The maximum absolute atomic E-state index is 13.3. The second-order valence-electron chi connectivity index (χ2n) is 12.2. The van der Waals surface area contributed by atoms with Gasteiger partial charge in [0.05, 0.1) is 17.5 Å². The lowest BCUT2D eigenvalue weighted by Crippen LogP contribution is -2.61. The molecule has 46 heavy (non-hydrogen) atoms. The van der Waals surface area contributed by atoms with E-state index in [2.05, 4.69) is 16.1 Å². The molecule has 0 aliphatic carbocycles. The van der Waals surface area contributed by atoms with Crippen molar-refractivity contribution in [3.63, 3.8) is 0 Å². The van der Waals surface area contributed by atoms with E-state index in [9.17, 15) is 27.6 Å². The standard InChI is InChI=1S/C32H44N6O7S/c1-20(2)29-30(40)33-21(3)31(41)38-17-8-10-26(36-38)32(42)45-22(4)25-14-13-24-12-11-23(19-27(24)34-25)9-6-7-16-37(46(5,43)44)18-15-28(39)35-29/h6,9,11-14,19-22,26,29,36H,7-8,10,15-18H2,1-5H3,(H,33,40)(H,35,39). The lowest BCUT2D eigenvalue weighted by molar-refractivity contribution is -0.157. The Hall–Kier alpha value is -3.88. The number of amides is 3. The number of hydrogen-bond donors (Lipinski definition) is 3. The topological polar surface area (TPSA) is 167 Å². The van der Waals surface area contributed by atoms with Gasteiger partial charge in [-0.15, -0.1) is 0 Å². The first-order valence-corrected chi connectivity index (χ1v) is 17.5. The van der Waals surface area contributed by atoms with Gasteiger partial charge in [0.2, 0.25) is 21.8 Å². The Bertz CT molecular complexity index is 1590. The maximum atomic E-state index is 13.3. The fourth-order valence-electron chi connectivity index (χ4n) is 5.40. The van der Waals surface area contributed by atoms with Gasteiger partial charge < -0.3 is 15.4 Å². The molecule has 4 atom stereocenters. The Morgan fingerprint density at radius 2 is 1.74 bits per heavy atom. The summed E-state index contributed by atoms with van der Waals surface area (Å²) in [6.07, 6.45) is 5.46. The van der Waals surface area contributed by atoms with Crippen LogP contribution in [0.4, 0.5) is 0 Å². The monoisotopic (exact) mass is 656 g/mol. The molecule has 250 valence electrons. The molecule has 4 rings (SSSR count). The van der Waals surface area contributed by atoms with E-state index in [0.29, 0.717) is 37.0 Å². The summed E-state index contributed by atoms with van der Waals surface area (Å²) >= 11 is 0. The minimum Gasteiger partial charge on any atom is -0.455 e. The zero-order chi connectivity index (χ0) is 33.6. The third-order valence-corrected chi connectivity index (χ3v) is 9.39. The molecule has 3 heterocycles. The number of rotatable bonds is 2. The van der Waals surface area contributed by atoms with E-state index in [4.69, 9.17) is 9.72 Å². The molecule has 2 aliphatic heterocycles. The number of aromatic nitrogens is 1. The second-order valence-corrected chi connectivity index (χ2v) is 14.2. The van der Waals surface area contributed by atoms with Crippen molar-refractivity contribution in [2.45, 2.75) is 77.6 Å². The van der Waals surface area contributed by atoms with Crippen molar-refractivity contribution in [1.82, 2.24) is 30.4 Å². The van der Waals surface area contributed by atoms with Crippen LogP contribution in [0.25, 0.3) is 17.0 Å². The number of nitrogens with zero attached hydrogens (tertiary/aromatic N) is 3. The van der Waals surface area contributed by atoms with Crippen LogP contribution in [0.3, 0.4) is 0 Å². The molecule has 3 N–H and O–H groups in total. The van der Waals surface area contributed by atoms with Crippen LogP contribution in [0.5, 0.6) is 0 Å². The van der Waals surface area contributed by atoms with Gasteiger partial charge >= 0.3 is 5.97 Å². The van der Waals surface area contributed by atoms with E-state index >= 15 is 0 Å². The van der Waals surface area contributed by atoms with Crippen LogP contribution in [0, 0.1) is 5.92 Å². The van der Waals surface area contributed by atoms with E-state index in [1.807, 2.05) is 36.4 Å². The van der Waals surface area contributed by atoms with Gasteiger partial charge in [-0.3, -0.25) is 24.2 Å². The highest BCUT2D eigenvalue weighted by Gasteiger charge is 2.34. The lowest BCUT2D eigenvalue weighted by atomic mass is 10.0. The Kier molecular flexibility index (Phi) is 11.5. The number of nitrogens with one attached hydrogen (secondary N) is 3. The average Bonchev–Trinajstić information content (AvgIpc) is 3.01. The molecule has 5 bridgehead atoms. The van der Waals surface area contributed by atoms with Crippen LogP contribution >= 0.6 is 0 Å². The minimum atomic E-state index is -3.60. The van der Waals surface area contributed by atoms with Gasteiger partial charge in [-0.25, -0.2) is 23.1 Å². The van der Waals surface area contributed by atoms with Gasteiger partial charge in [-0.1, -0.05) is 44.2 Å². The lowest BCUT2D eigenvalue weighted by Gasteiger charge is -2.35. The summed E-state index contributed by atoms with van der Waals surface area (Å²) < 4.78 is 31.9. The summed E-state index contributed by atoms with van der Waals surface area (Å²) in [5.41, 5.74) is 5.09. The van der Waals surface area contributed by atoms with Gasteiger partial charge in [-0.05, 0) is 56.7 Å². The van der Waals surface area contributed by atoms with Gasteiger partial charge in [0.1, 0.15) is 24.2 Å². The Morgan fingerprint density at radius 3 is 2.46 bits per heavy atom. The number of sulfonamides is 1. The van der Waals surface area contributed by atoms with Crippen LogP contribution in [0.15, 0.2) is 36.4 Å². The molecular formula is C32H44N6O7S. The van der Waals surface area contributed by atoms with Crippen molar-refractivity contribution in [1.29, 1.82) is 0 Å². The summed E-state index contributed by atoms with van der Waals surface area (Å²) in [6.45, 7) is 7.24. The van der Waals surface area contributed by atoms with Gasteiger partial charge in [-0.2, -0.15) is 0 Å². The molecule has 4 unspecified atom stereocenters. The number of esters is 1. The number of fused-ring (bicyclic) bond motifs is 4. The minimum absolute atomic E-state index is 0.0523. The fourth-order valence-corrected chi connectivity index (χ4v) is 6.26. The molecule has 0 radical (unpaired) electrons. The van der Waals surface area contributed by atoms with E-state index < -0.39 is 57.9 Å². The first-order chi connectivity index (χ1) is 21.7. The van der Waals surface area contributed by atoms with Crippen molar-refractivity contribution in [2.24, 2.45) is 5.92 Å². The van der Waals surface area contributed by atoms with Crippen LogP contribution < -0.4 is 16.1 Å².